The topological polar surface area (TPSA) is 24.8 Å². The van der Waals surface area contributed by atoms with Crippen molar-refractivity contribution in [1.82, 2.24) is 5.06 Å². The van der Waals surface area contributed by atoms with Crippen LogP contribution in [0.4, 0.5) is 0 Å². The van der Waals surface area contributed by atoms with Crippen LogP contribution in [-0.4, -0.2) is 24.4 Å². The fraction of sp³-hybridized carbons (Fsp3) is 0.625. The van der Waals surface area contributed by atoms with Crippen LogP contribution in [0, 0.1) is 0 Å². The molecule has 1 aliphatic rings. The quantitative estimate of drug-likeness (QED) is 0.616. The maximum Gasteiger partial charge on any atom is 0.0909 e. The Morgan fingerprint density at radius 2 is 2.45 bits per heavy atom. The van der Waals surface area contributed by atoms with Crippen molar-refractivity contribution in [1.29, 1.82) is 0 Å². The Balaban J connectivity index is 2.48. The van der Waals surface area contributed by atoms with Gasteiger partial charge in [0.15, 0.2) is 0 Å². The molecule has 1 unspecified atom stereocenters. The third-order valence-electron chi connectivity index (χ3n) is 1.68. The average Bonchev–Trinajstić information content (AvgIpc) is 2.06. The van der Waals surface area contributed by atoms with Crippen LogP contribution < -0.4 is 0 Å². The summed E-state index contributed by atoms with van der Waals surface area (Å²) in [6.45, 7) is 2.15. The molecule has 62 valence electrons. The minimum atomic E-state index is 0.315. The van der Waals surface area contributed by atoms with Crippen LogP contribution in [0.2, 0.25) is 0 Å². The second-order valence-electron chi connectivity index (χ2n) is 2.49. The molecule has 0 saturated heterocycles. The zero-order valence-corrected chi connectivity index (χ0v) is 7.03. The highest BCUT2D eigenvalue weighted by atomic mass is 16.7. The Kier molecular flexibility index (Phi) is 3.11. The van der Waals surface area contributed by atoms with Gasteiger partial charge in [-0.3, -0.25) is 14.9 Å². The second kappa shape index (κ2) is 4.13. The SMILES string of the molecule is CCCC1C=NC=CN1OC. The zero-order valence-electron chi connectivity index (χ0n) is 7.03. The first kappa shape index (κ1) is 8.27. The number of rotatable bonds is 3. The van der Waals surface area contributed by atoms with Gasteiger partial charge < -0.3 is 0 Å². The first-order valence-corrected chi connectivity index (χ1v) is 3.91. The molecule has 0 amide bonds. The molecule has 0 bridgehead atoms. The van der Waals surface area contributed by atoms with Crippen molar-refractivity contribution >= 4 is 6.21 Å². The molecular formula is C8H14N2O. The first-order valence-electron chi connectivity index (χ1n) is 3.91. The van der Waals surface area contributed by atoms with Gasteiger partial charge in [0.1, 0.15) is 0 Å². The number of aliphatic imine (C=N–C) groups is 1. The highest BCUT2D eigenvalue weighted by molar-refractivity contribution is 5.66. The van der Waals surface area contributed by atoms with Crippen LogP contribution in [0.5, 0.6) is 0 Å². The number of nitrogens with zero attached hydrogens (tertiary/aromatic N) is 2. The summed E-state index contributed by atoms with van der Waals surface area (Å²) in [5.41, 5.74) is 0. The van der Waals surface area contributed by atoms with Gasteiger partial charge in [-0.05, 0) is 6.42 Å². The number of hydrogen-bond acceptors (Lipinski definition) is 3. The van der Waals surface area contributed by atoms with Crippen molar-refractivity contribution in [2.75, 3.05) is 7.11 Å². The molecule has 11 heavy (non-hydrogen) atoms. The zero-order chi connectivity index (χ0) is 8.10. The minimum absolute atomic E-state index is 0.315. The van der Waals surface area contributed by atoms with E-state index in [9.17, 15) is 0 Å². The third-order valence-corrected chi connectivity index (χ3v) is 1.68. The minimum Gasteiger partial charge on any atom is -0.277 e. The van der Waals surface area contributed by atoms with Crippen molar-refractivity contribution in [3.05, 3.63) is 12.4 Å². The smallest absolute Gasteiger partial charge is 0.0909 e. The molecule has 0 aromatic rings. The van der Waals surface area contributed by atoms with Gasteiger partial charge in [-0.25, -0.2) is 0 Å². The van der Waals surface area contributed by atoms with Crippen LogP contribution >= 0.6 is 0 Å². The number of hydrogen-bond donors (Lipinski definition) is 0. The molecule has 0 aliphatic carbocycles. The lowest BCUT2D eigenvalue weighted by Crippen LogP contribution is -2.32. The highest BCUT2D eigenvalue weighted by Crippen LogP contribution is 2.09. The normalized spacial score (nSPS) is 22.7. The van der Waals surface area contributed by atoms with Crippen molar-refractivity contribution in [2.45, 2.75) is 25.8 Å². The molecule has 1 heterocycles. The highest BCUT2D eigenvalue weighted by Gasteiger charge is 2.13. The maximum absolute atomic E-state index is 5.11. The Hall–Kier alpha value is -0.830. The van der Waals surface area contributed by atoms with Crippen LogP contribution in [0.1, 0.15) is 19.8 Å². The van der Waals surface area contributed by atoms with Crippen molar-refractivity contribution in [3.8, 4) is 0 Å². The molecule has 0 N–H and O–H groups in total. The molecule has 0 fully saturated rings. The predicted molar refractivity (Wildman–Crippen MR) is 45.2 cm³/mol. The van der Waals surface area contributed by atoms with Gasteiger partial charge in [0.25, 0.3) is 0 Å². The first-order chi connectivity index (χ1) is 5.38. The maximum atomic E-state index is 5.11. The van der Waals surface area contributed by atoms with Crippen molar-refractivity contribution < 1.29 is 4.84 Å². The van der Waals surface area contributed by atoms with Crippen molar-refractivity contribution in [2.24, 2.45) is 4.99 Å². The summed E-state index contributed by atoms with van der Waals surface area (Å²) in [6.07, 6.45) is 7.72. The summed E-state index contributed by atoms with van der Waals surface area (Å²) in [5, 5.41) is 1.82. The molecule has 1 rings (SSSR count). The summed E-state index contributed by atoms with van der Waals surface area (Å²) >= 11 is 0. The molecule has 3 heteroatoms. The standard InChI is InChI=1S/C8H14N2O/c1-3-4-8-7-9-5-6-10(8)11-2/h5-8H,3-4H2,1-2H3. The Morgan fingerprint density at radius 3 is 3.09 bits per heavy atom. The molecule has 3 nitrogen and oxygen atoms in total. The van der Waals surface area contributed by atoms with Crippen LogP contribution in [0.3, 0.4) is 0 Å². The summed E-state index contributed by atoms with van der Waals surface area (Å²) < 4.78 is 0. The fourth-order valence-corrected chi connectivity index (χ4v) is 1.12. The van der Waals surface area contributed by atoms with Gasteiger partial charge in [-0.2, -0.15) is 0 Å². The summed E-state index contributed by atoms with van der Waals surface area (Å²) in [5.74, 6) is 0. The lowest BCUT2D eigenvalue weighted by Gasteiger charge is -2.26. The van der Waals surface area contributed by atoms with E-state index in [4.69, 9.17) is 4.84 Å². The second-order valence-corrected chi connectivity index (χ2v) is 2.49. The van der Waals surface area contributed by atoms with Crippen molar-refractivity contribution in [3.63, 3.8) is 0 Å². The third kappa shape index (κ3) is 2.05. The van der Waals surface area contributed by atoms with Gasteiger partial charge in [-0.15, -0.1) is 0 Å². The van der Waals surface area contributed by atoms with E-state index in [0.717, 1.165) is 12.8 Å². The fourth-order valence-electron chi connectivity index (χ4n) is 1.12. The lowest BCUT2D eigenvalue weighted by molar-refractivity contribution is -0.104. The average molecular weight is 154 g/mol. The number of hydroxylamine groups is 2. The van der Waals surface area contributed by atoms with Gasteiger partial charge >= 0.3 is 0 Å². The van der Waals surface area contributed by atoms with E-state index < -0.39 is 0 Å². The van der Waals surface area contributed by atoms with E-state index >= 15 is 0 Å². The van der Waals surface area contributed by atoms with Gasteiger partial charge in [0.05, 0.1) is 13.2 Å². The largest absolute Gasteiger partial charge is 0.277 e. The van der Waals surface area contributed by atoms with Gasteiger partial charge in [0, 0.05) is 18.6 Å². The molecule has 1 aliphatic heterocycles. The predicted octanol–water partition coefficient (Wildman–Crippen LogP) is 1.57. The molecular weight excluding hydrogens is 140 g/mol. The molecule has 0 radical (unpaired) electrons. The molecule has 1 atom stereocenters. The van der Waals surface area contributed by atoms with Crippen LogP contribution in [0.15, 0.2) is 17.4 Å². The molecule has 0 spiro atoms. The van der Waals surface area contributed by atoms with E-state index in [1.807, 2.05) is 17.5 Å². The van der Waals surface area contributed by atoms with E-state index in [2.05, 4.69) is 11.9 Å². The van der Waals surface area contributed by atoms with Crippen LogP contribution in [-0.2, 0) is 4.84 Å². The monoisotopic (exact) mass is 154 g/mol. The molecule has 0 aromatic heterocycles. The Labute approximate surface area is 67.3 Å². The van der Waals surface area contributed by atoms with E-state index in [1.165, 1.54) is 0 Å². The van der Waals surface area contributed by atoms with E-state index in [0.29, 0.717) is 6.04 Å². The summed E-state index contributed by atoms with van der Waals surface area (Å²) in [7, 11) is 1.67. The van der Waals surface area contributed by atoms with Crippen LogP contribution in [0.25, 0.3) is 0 Å². The Morgan fingerprint density at radius 1 is 1.64 bits per heavy atom. The van der Waals surface area contributed by atoms with E-state index in [-0.39, 0.29) is 0 Å². The molecule has 0 aromatic carbocycles. The Bertz CT molecular complexity index is 165. The molecule has 0 saturated carbocycles. The summed E-state index contributed by atoms with van der Waals surface area (Å²) in [4.78, 5) is 9.16. The lowest BCUT2D eigenvalue weighted by atomic mass is 10.2. The summed E-state index contributed by atoms with van der Waals surface area (Å²) in [6, 6.07) is 0.315. The van der Waals surface area contributed by atoms with E-state index in [1.54, 1.807) is 13.3 Å². The van der Waals surface area contributed by atoms with Gasteiger partial charge in [0.2, 0.25) is 0 Å². The van der Waals surface area contributed by atoms with Gasteiger partial charge in [-0.1, -0.05) is 13.3 Å².